The van der Waals surface area contributed by atoms with E-state index in [9.17, 15) is 5.11 Å². The molecule has 1 aliphatic heterocycles. The first kappa shape index (κ1) is 16.0. The zero-order valence-corrected chi connectivity index (χ0v) is 13.6. The highest BCUT2D eigenvalue weighted by Gasteiger charge is 2.28. The summed E-state index contributed by atoms with van der Waals surface area (Å²) in [5.74, 6) is 8.21. The third-order valence-electron chi connectivity index (χ3n) is 4.15. The fourth-order valence-electron chi connectivity index (χ4n) is 2.53. The molecule has 118 valence electrons. The number of nitrogen functional groups attached to an aromatic ring is 1. The van der Waals surface area contributed by atoms with Crippen molar-refractivity contribution in [3.8, 4) is 0 Å². The van der Waals surface area contributed by atoms with Gasteiger partial charge in [0.1, 0.15) is 17.5 Å². The van der Waals surface area contributed by atoms with Crippen molar-refractivity contribution in [3.63, 3.8) is 0 Å². The predicted molar refractivity (Wildman–Crippen MR) is 85.3 cm³/mol. The van der Waals surface area contributed by atoms with Crippen molar-refractivity contribution in [3.05, 3.63) is 11.4 Å². The van der Waals surface area contributed by atoms with Crippen molar-refractivity contribution in [2.75, 3.05) is 23.4 Å². The van der Waals surface area contributed by atoms with E-state index in [-0.39, 0.29) is 11.5 Å². The predicted octanol–water partition coefficient (Wildman–Crippen LogP) is 1.58. The lowest BCUT2D eigenvalue weighted by atomic mass is 9.94. The topological polar surface area (TPSA) is 87.3 Å². The van der Waals surface area contributed by atoms with Crippen LogP contribution >= 0.6 is 0 Å². The second-order valence-corrected chi connectivity index (χ2v) is 7.02. The molecule has 1 aliphatic rings. The van der Waals surface area contributed by atoms with E-state index >= 15 is 0 Å². The Balaban J connectivity index is 2.42. The zero-order valence-electron chi connectivity index (χ0n) is 13.6. The third kappa shape index (κ3) is 3.27. The maximum absolute atomic E-state index is 10.1. The number of nitrogens with two attached hydrogens (primary N) is 1. The molecule has 1 aromatic rings. The van der Waals surface area contributed by atoms with Crippen LogP contribution in [0.3, 0.4) is 0 Å². The molecule has 0 saturated carbocycles. The number of nitrogens with one attached hydrogen (secondary N) is 1. The molecule has 0 spiro atoms. The van der Waals surface area contributed by atoms with Gasteiger partial charge in [-0.3, -0.25) is 0 Å². The molecular formula is C15H27N5O. The van der Waals surface area contributed by atoms with Crippen LogP contribution in [0.4, 0.5) is 11.6 Å². The number of nitrogens with zero attached hydrogens (tertiary/aromatic N) is 3. The molecule has 0 radical (unpaired) electrons. The number of aliphatic hydroxyl groups excluding tert-OH is 1. The van der Waals surface area contributed by atoms with Crippen LogP contribution in [-0.4, -0.2) is 34.3 Å². The van der Waals surface area contributed by atoms with E-state index < -0.39 is 0 Å². The molecule has 6 nitrogen and oxygen atoms in total. The van der Waals surface area contributed by atoms with E-state index in [0.29, 0.717) is 18.3 Å². The van der Waals surface area contributed by atoms with Gasteiger partial charge in [-0.05, 0) is 19.3 Å². The lowest BCUT2D eigenvalue weighted by Gasteiger charge is -2.36. The number of piperidine rings is 1. The molecule has 0 amide bonds. The number of hydrogen-bond donors (Lipinski definition) is 3. The van der Waals surface area contributed by atoms with Crippen LogP contribution in [0.1, 0.15) is 45.5 Å². The first-order valence-electron chi connectivity index (χ1n) is 7.52. The number of rotatable bonds is 2. The Morgan fingerprint density at radius 2 is 2.00 bits per heavy atom. The van der Waals surface area contributed by atoms with Crippen molar-refractivity contribution in [2.45, 2.75) is 52.6 Å². The van der Waals surface area contributed by atoms with E-state index in [2.05, 4.69) is 43.0 Å². The fourth-order valence-corrected chi connectivity index (χ4v) is 2.53. The highest BCUT2D eigenvalue weighted by Crippen LogP contribution is 2.30. The summed E-state index contributed by atoms with van der Waals surface area (Å²) in [6, 6.07) is 0. The fraction of sp³-hybridized carbons (Fsp3) is 0.733. The molecule has 2 atom stereocenters. The minimum atomic E-state index is -0.319. The Bertz CT molecular complexity index is 512. The van der Waals surface area contributed by atoms with Gasteiger partial charge in [0, 0.05) is 24.1 Å². The van der Waals surface area contributed by atoms with Crippen LogP contribution in [0.15, 0.2) is 0 Å². The van der Waals surface area contributed by atoms with Gasteiger partial charge in [-0.1, -0.05) is 27.7 Å². The summed E-state index contributed by atoms with van der Waals surface area (Å²) in [6.45, 7) is 11.8. The van der Waals surface area contributed by atoms with Crippen LogP contribution in [0, 0.1) is 12.8 Å². The Labute approximate surface area is 126 Å². The lowest BCUT2D eigenvalue weighted by molar-refractivity contribution is 0.102. The third-order valence-corrected chi connectivity index (χ3v) is 4.15. The maximum atomic E-state index is 10.1. The average Bonchev–Trinajstić information content (AvgIpc) is 2.41. The van der Waals surface area contributed by atoms with Gasteiger partial charge in [0.05, 0.1) is 6.10 Å². The summed E-state index contributed by atoms with van der Waals surface area (Å²) in [4.78, 5) is 11.4. The summed E-state index contributed by atoms with van der Waals surface area (Å²) in [5.41, 5.74) is 3.43. The van der Waals surface area contributed by atoms with Gasteiger partial charge in [0.25, 0.3) is 0 Å². The number of hydrogen-bond acceptors (Lipinski definition) is 6. The molecule has 1 aromatic heterocycles. The minimum Gasteiger partial charge on any atom is -0.391 e. The smallest absolute Gasteiger partial charge is 0.148 e. The second-order valence-electron chi connectivity index (χ2n) is 7.02. The summed E-state index contributed by atoms with van der Waals surface area (Å²) in [5, 5.41) is 10.1. The van der Waals surface area contributed by atoms with Crippen LogP contribution in [0.25, 0.3) is 0 Å². The first-order valence-corrected chi connectivity index (χ1v) is 7.52. The number of anilines is 2. The van der Waals surface area contributed by atoms with E-state index in [4.69, 9.17) is 10.8 Å². The molecule has 21 heavy (non-hydrogen) atoms. The van der Waals surface area contributed by atoms with Crippen molar-refractivity contribution in [2.24, 2.45) is 11.8 Å². The first-order chi connectivity index (χ1) is 9.74. The summed E-state index contributed by atoms with van der Waals surface area (Å²) in [6.07, 6.45) is 0.640. The quantitative estimate of drug-likeness (QED) is 0.567. The van der Waals surface area contributed by atoms with Gasteiger partial charge in [-0.2, -0.15) is 0 Å². The largest absolute Gasteiger partial charge is 0.391 e. The van der Waals surface area contributed by atoms with E-state index in [1.807, 2.05) is 6.92 Å². The van der Waals surface area contributed by atoms with Crippen molar-refractivity contribution < 1.29 is 5.11 Å². The van der Waals surface area contributed by atoms with Crippen LogP contribution in [0.5, 0.6) is 0 Å². The zero-order chi connectivity index (χ0) is 15.8. The number of aromatic nitrogens is 2. The Morgan fingerprint density at radius 3 is 2.52 bits per heavy atom. The highest BCUT2D eigenvalue weighted by molar-refractivity contribution is 5.58. The average molecular weight is 293 g/mol. The van der Waals surface area contributed by atoms with Crippen molar-refractivity contribution in [1.29, 1.82) is 0 Å². The molecule has 1 fully saturated rings. The van der Waals surface area contributed by atoms with Gasteiger partial charge in [-0.15, -0.1) is 0 Å². The Morgan fingerprint density at radius 1 is 1.33 bits per heavy atom. The van der Waals surface area contributed by atoms with Crippen LogP contribution in [0.2, 0.25) is 0 Å². The number of β-amino-alcohol motifs (C(OH)–C–C–N with tert-alkyl or cyclic N) is 1. The minimum absolute atomic E-state index is 0.157. The molecule has 4 N–H and O–H groups in total. The van der Waals surface area contributed by atoms with E-state index in [1.165, 1.54) is 0 Å². The van der Waals surface area contributed by atoms with E-state index in [0.717, 1.165) is 30.2 Å². The molecule has 2 heterocycles. The van der Waals surface area contributed by atoms with Crippen LogP contribution in [-0.2, 0) is 5.41 Å². The van der Waals surface area contributed by atoms with Gasteiger partial charge in [-0.25, -0.2) is 15.8 Å². The standard InChI is InChI=1S/C15H27N5O/c1-9-6-7-20(8-11(9)21)13-10(2)12(19-16)17-14(18-13)15(3,4)5/h9,11,21H,6-8,16H2,1-5H3,(H,17,18,19). The second kappa shape index (κ2) is 5.77. The summed E-state index contributed by atoms with van der Waals surface area (Å²) >= 11 is 0. The monoisotopic (exact) mass is 293 g/mol. The van der Waals surface area contributed by atoms with Gasteiger partial charge in [0.15, 0.2) is 0 Å². The van der Waals surface area contributed by atoms with Crippen LogP contribution < -0.4 is 16.2 Å². The molecule has 2 rings (SSSR count). The lowest BCUT2D eigenvalue weighted by Crippen LogP contribution is -2.44. The normalized spacial score (nSPS) is 23.3. The summed E-state index contributed by atoms with van der Waals surface area (Å²) < 4.78 is 0. The molecule has 0 aliphatic carbocycles. The Kier molecular flexibility index (Phi) is 4.39. The van der Waals surface area contributed by atoms with Gasteiger partial charge >= 0.3 is 0 Å². The van der Waals surface area contributed by atoms with Gasteiger partial charge < -0.3 is 15.4 Å². The number of aliphatic hydroxyl groups is 1. The molecule has 2 unspecified atom stereocenters. The van der Waals surface area contributed by atoms with Crippen molar-refractivity contribution in [1.82, 2.24) is 9.97 Å². The SMILES string of the molecule is Cc1c(NN)nc(C(C)(C)C)nc1N1CCC(C)C(O)C1. The Hall–Kier alpha value is -1.40. The van der Waals surface area contributed by atoms with E-state index in [1.54, 1.807) is 0 Å². The molecule has 0 bridgehead atoms. The number of hydrazine groups is 1. The van der Waals surface area contributed by atoms with Gasteiger partial charge in [0.2, 0.25) is 0 Å². The molecule has 1 saturated heterocycles. The maximum Gasteiger partial charge on any atom is 0.148 e. The molecular weight excluding hydrogens is 266 g/mol. The van der Waals surface area contributed by atoms with Crippen molar-refractivity contribution >= 4 is 11.6 Å². The highest BCUT2D eigenvalue weighted by atomic mass is 16.3. The molecule has 0 aromatic carbocycles. The molecule has 6 heteroatoms. The summed E-state index contributed by atoms with van der Waals surface area (Å²) in [7, 11) is 0.